The standard InChI is InChI=1S/C27H38O18/c1-11(28)36-9-18-20(38-13(3)30)22(39-14(4)31)25(42-17(7)34)27(44-18)45-21-19(10-37-12(2)29)43-26(35-8)24(41-16(6)33)23(21)40-15(5)32/h18-27H,9-10H2,1-8H3/t18?,19?,20-,21-,22?,23?,24?,25?,26-,27+/m1/s1. The number of esters is 7. The molecule has 0 radical (unpaired) electrons. The van der Waals surface area contributed by atoms with Gasteiger partial charge in [-0.25, -0.2) is 0 Å². The lowest BCUT2D eigenvalue weighted by Crippen LogP contribution is -2.67. The molecule has 0 aliphatic carbocycles. The molecule has 0 aromatic carbocycles. The van der Waals surface area contributed by atoms with Gasteiger partial charge in [-0.1, -0.05) is 0 Å². The van der Waals surface area contributed by atoms with Gasteiger partial charge in [0.2, 0.25) is 0 Å². The van der Waals surface area contributed by atoms with Crippen LogP contribution in [0.4, 0.5) is 0 Å². The Morgan fingerprint density at radius 3 is 1.18 bits per heavy atom. The van der Waals surface area contributed by atoms with E-state index < -0.39 is 116 Å². The van der Waals surface area contributed by atoms with Crippen LogP contribution in [0.2, 0.25) is 0 Å². The number of carbonyl (C=O) groups is 7. The van der Waals surface area contributed by atoms with E-state index in [1.54, 1.807) is 0 Å². The van der Waals surface area contributed by atoms with Gasteiger partial charge < -0.3 is 52.1 Å². The van der Waals surface area contributed by atoms with E-state index in [0.717, 1.165) is 48.5 Å². The number of methoxy groups -OCH3 is 1. The van der Waals surface area contributed by atoms with Crippen LogP contribution in [-0.2, 0) is 85.7 Å². The Hall–Kier alpha value is -3.87. The fourth-order valence-electron chi connectivity index (χ4n) is 4.66. The number of rotatable bonds is 12. The van der Waals surface area contributed by atoms with Crippen LogP contribution >= 0.6 is 0 Å². The highest BCUT2D eigenvalue weighted by Crippen LogP contribution is 2.35. The zero-order chi connectivity index (χ0) is 34.0. The first kappa shape index (κ1) is 37.3. The van der Waals surface area contributed by atoms with E-state index in [1.165, 1.54) is 7.11 Å². The van der Waals surface area contributed by atoms with Gasteiger partial charge in [-0.05, 0) is 0 Å². The zero-order valence-corrected chi connectivity index (χ0v) is 26.0. The van der Waals surface area contributed by atoms with Crippen molar-refractivity contribution in [3.05, 3.63) is 0 Å². The molecule has 0 spiro atoms. The first-order valence-corrected chi connectivity index (χ1v) is 13.7. The second kappa shape index (κ2) is 17.0. The van der Waals surface area contributed by atoms with Gasteiger partial charge in [0.15, 0.2) is 43.1 Å². The molecule has 2 fully saturated rings. The largest absolute Gasteiger partial charge is 0.463 e. The minimum Gasteiger partial charge on any atom is -0.463 e. The van der Waals surface area contributed by atoms with Crippen LogP contribution in [0.15, 0.2) is 0 Å². The topological polar surface area (TPSA) is 221 Å². The molecule has 0 amide bonds. The van der Waals surface area contributed by atoms with E-state index in [2.05, 4.69) is 0 Å². The molecule has 2 saturated heterocycles. The van der Waals surface area contributed by atoms with Gasteiger partial charge in [-0.2, -0.15) is 0 Å². The highest BCUT2D eigenvalue weighted by molar-refractivity contribution is 5.69. The van der Waals surface area contributed by atoms with Gasteiger partial charge >= 0.3 is 41.8 Å². The maximum atomic E-state index is 12.2. The predicted molar refractivity (Wildman–Crippen MR) is 140 cm³/mol. The molecular formula is C27H38O18. The maximum absolute atomic E-state index is 12.2. The third-order valence-corrected chi connectivity index (χ3v) is 6.12. The molecule has 45 heavy (non-hydrogen) atoms. The summed E-state index contributed by atoms with van der Waals surface area (Å²) in [7, 11) is 1.22. The average Bonchev–Trinajstić information content (AvgIpc) is 2.90. The highest BCUT2D eigenvalue weighted by Gasteiger charge is 2.57. The molecule has 0 aromatic heterocycles. The van der Waals surface area contributed by atoms with Gasteiger partial charge in [-0.15, -0.1) is 0 Å². The van der Waals surface area contributed by atoms with Crippen LogP contribution in [0.3, 0.4) is 0 Å². The van der Waals surface area contributed by atoms with Crippen molar-refractivity contribution in [2.24, 2.45) is 0 Å². The molecule has 2 rings (SSSR count). The lowest BCUT2D eigenvalue weighted by atomic mass is 9.96. The Morgan fingerprint density at radius 2 is 0.778 bits per heavy atom. The van der Waals surface area contributed by atoms with Crippen molar-refractivity contribution in [2.45, 2.75) is 110 Å². The molecule has 0 saturated carbocycles. The second-order valence-electron chi connectivity index (χ2n) is 9.90. The summed E-state index contributed by atoms with van der Waals surface area (Å²) < 4.78 is 60.6. The molecule has 2 aliphatic heterocycles. The summed E-state index contributed by atoms with van der Waals surface area (Å²) in [6.07, 6.45) is -15.0. The third-order valence-electron chi connectivity index (χ3n) is 6.12. The molecule has 2 aliphatic rings. The van der Waals surface area contributed by atoms with Gasteiger partial charge in [-0.3, -0.25) is 33.6 Å². The Balaban J connectivity index is 2.69. The van der Waals surface area contributed by atoms with Crippen LogP contribution in [0, 0.1) is 0 Å². The van der Waals surface area contributed by atoms with Gasteiger partial charge in [0, 0.05) is 55.6 Å². The summed E-state index contributed by atoms with van der Waals surface area (Å²) in [5.74, 6) is -5.76. The summed E-state index contributed by atoms with van der Waals surface area (Å²) in [6, 6.07) is 0. The fourth-order valence-corrected chi connectivity index (χ4v) is 4.66. The first-order valence-electron chi connectivity index (χ1n) is 13.7. The van der Waals surface area contributed by atoms with E-state index in [1.807, 2.05) is 0 Å². The summed E-state index contributed by atoms with van der Waals surface area (Å²) in [5.41, 5.74) is 0. The van der Waals surface area contributed by atoms with Gasteiger partial charge in [0.1, 0.15) is 31.5 Å². The molecular weight excluding hydrogens is 612 g/mol. The molecule has 2 heterocycles. The Kier molecular flexibility index (Phi) is 14.1. The first-order chi connectivity index (χ1) is 21.0. The van der Waals surface area contributed by atoms with E-state index in [4.69, 9.17) is 52.1 Å². The number of hydrogen-bond donors (Lipinski definition) is 0. The van der Waals surface area contributed by atoms with Crippen molar-refractivity contribution >= 4 is 41.8 Å². The number of carbonyl (C=O) groups excluding carboxylic acids is 7. The van der Waals surface area contributed by atoms with Crippen molar-refractivity contribution in [3.8, 4) is 0 Å². The van der Waals surface area contributed by atoms with Crippen LogP contribution in [0.5, 0.6) is 0 Å². The minimum atomic E-state index is -1.76. The predicted octanol–water partition coefficient (Wildman–Crippen LogP) is -0.747. The number of hydrogen-bond acceptors (Lipinski definition) is 18. The van der Waals surface area contributed by atoms with E-state index >= 15 is 0 Å². The monoisotopic (exact) mass is 650 g/mol. The summed E-state index contributed by atoms with van der Waals surface area (Å²) in [5, 5.41) is 0. The fraction of sp³-hybridized carbons (Fsp3) is 0.741. The van der Waals surface area contributed by atoms with Crippen molar-refractivity contribution in [1.29, 1.82) is 0 Å². The normalized spacial score (nSPS) is 31.0. The van der Waals surface area contributed by atoms with Gasteiger partial charge in [0.25, 0.3) is 0 Å². The van der Waals surface area contributed by atoms with Crippen LogP contribution < -0.4 is 0 Å². The van der Waals surface area contributed by atoms with Crippen molar-refractivity contribution in [1.82, 2.24) is 0 Å². The maximum Gasteiger partial charge on any atom is 0.303 e. The SMILES string of the molecule is CO[C@@H]1OC(COC(C)=O)[C@@H](O[C@@H]2OC(COC(C)=O)[C@@H](OC(C)=O)C(OC(C)=O)C2OC(C)=O)C(OC(C)=O)C1OC(C)=O. The Labute approximate surface area is 258 Å². The molecule has 18 nitrogen and oxygen atoms in total. The van der Waals surface area contributed by atoms with Gasteiger partial charge in [0.05, 0.1) is 0 Å². The smallest absolute Gasteiger partial charge is 0.303 e. The lowest BCUT2D eigenvalue weighted by molar-refractivity contribution is -0.359. The Morgan fingerprint density at radius 1 is 0.444 bits per heavy atom. The Bertz CT molecular complexity index is 1110. The van der Waals surface area contributed by atoms with E-state index in [9.17, 15) is 33.6 Å². The van der Waals surface area contributed by atoms with Crippen LogP contribution in [0.1, 0.15) is 48.5 Å². The van der Waals surface area contributed by atoms with E-state index in [0.29, 0.717) is 0 Å². The summed E-state index contributed by atoms with van der Waals surface area (Å²) >= 11 is 0. The molecule has 6 unspecified atom stereocenters. The molecule has 18 heteroatoms. The molecule has 0 N–H and O–H groups in total. The highest BCUT2D eigenvalue weighted by atomic mass is 16.8. The zero-order valence-electron chi connectivity index (χ0n) is 26.0. The van der Waals surface area contributed by atoms with Crippen molar-refractivity contribution in [2.75, 3.05) is 20.3 Å². The molecule has 0 aromatic rings. The second-order valence-corrected chi connectivity index (χ2v) is 9.90. The number of ether oxygens (including phenoxy) is 11. The van der Waals surface area contributed by atoms with Crippen LogP contribution in [0.25, 0.3) is 0 Å². The van der Waals surface area contributed by atoms with Crippen molar-refractivity contribution in [3.63, 3.8) is 0 Å². The summed E-state index contributed by atoms with van der Waals surface area (Å²) in [4.78, 5) is 84.0. The molecule has 10 atom stereocenters. The lowest BCUT2D eigenvalue weighted by Gasteiger charge is -2.48. The third kappa shape index (κ3) is 11.2. The molecule has 0 bridgehead atoms. The van der Waals surface area contributed by atoms with Crippen molar-refractivity contribution < 1.29 is 85.7 Å². The van der Waals surface area contributed by atoms with Crippen LogP contribution in [-0.4, -0.2) is 124 Å². The minimum absolute atomic E-state index is 0.504. The quantitative estimate of drug-likeness (QED) is 0.187. The van der Waals surface area contributed by atoms with E-state index in [-0.39, 0.29) is 0 Å². The average molecular weight is 651 g/mol. The summed E-state index contributed by atoms with van der Waals surface area (Å²) in [6.45, 7) is 6.44. The molecule has 254 valence electrons.